The number of carboxylic acids is 1. The maximum atomic E-state index is 15.2. The van der Waals surface area contributed by atoms with E-state index < -0.39 is 23.4 Å². The number of rotatable bonds is 7. The molecule has 2 saturated heterocycles. The standard InChI is InChI=1S/C35H30ClF2N5O5/c1-35(23-8-7-22(36)14-24(23)37)47-30-6-2-5-26(33(30)48-35)42-11-10-41(28-18-46-19-29(28)42)17-31-40-32-25(38)12-21(34(44)45)13-27(32)43(31)16-20-4-3-9-39-15-20/h2-9,12-15,28-29H,10-11,16-19H2,1H3,(H,44,45)/t28-,29+,35-/m1/s1. The molecule has 0 aliphatic carbocycles. The van der Waals surface area contributed by atoms with Crippen LogP contribution in [0, 0.1) is 11.6 Å². The number of aromatic nitrogens is 3. The minimum absolute atomic E-state index is 0.0388. The third kappa shape index (κ3) is 5.20. The molecular weight excluding hydrogens is 644 g/mol. The number of halogens is 3. The van der Waals surface area contributed by atoms with Gasteiger partial charge in [0.25, 0.3) is 5.79 Å². The Morgan fingerprint density at radius 1 is 1.02 bits per heavy atom. The van der Waals surface area contributed by atoms with Crippen molar-refractivity contribution in [1.82, 2.24) is 19.4 Å². The van der Waals surface area contributed by atoms with Crippen molar-refractivity contribution in [1.29, 1.82) is 0 Å². The van der Waals surface area contributed by atoms with Gasteiger partial charge in [0, 0.05) is 37.4 Å². The number of anilines is 1. The largest absolute Gasteiger partial charge is 0.478 e. The number of carboxylic acid groups (broad SMARTS) is 1. The van der Waals surface area contributed by atoms with Crippen LogP contribution in [0.25, 0.3) is 11.0 Å². The molecule has 48 heavy (non-hydrogen) atoms. The molecular formula is C35H30ClF2N5O5. The molecule has 3 aliphatic rings. The number of hydrogen-bond acceptors (Lipinski definition) is 8. The number of benzene rings is 3. The summed E-state index contributed by atoms with van der Waals surface area (Å²) >= 11 is 6.00. The van der Waals surface area contributed by atoms with Crippen molar-refractivity contribution in [2.45, 2.75) is 37.9 Å². The van der Waals surface area contributed by atoms with Crippen LogP contribution in [0.2, 0.25) is 5.02 Å². The first-order valence-corrected chi connectivity index (χ1v) is 15.9. The van der Waals surface area contributed by atoms with E-state index >= 15 is 4.39 Å². The smallest absolute Gasteiger partial charge is 0.335 e. The van der Waals surface area contributed by atoms with Gasteiger partial charge in [0.05, 0.1) is 60.7 Å². The maximum absolute atomic E-state index is 15.2. The van der Waals surface area contributed by atoms with Crippen molar-refractivity contribution in [3.05, 3.63) is 112 Å². The summed E-state index contributed by atoms with van der Waals surface area (Å²) in [5.74, 6) is -2.17. The van der Waals surface area contributed by atoms with Gasteiger partial charge in [-0.05, 0) is 54.1 Å². The number of piperazine rings is 1. The maximum Gasteiger partial charge on any atom is 0.335 e. The summed E-state index contributed by atoms with van der Waals surface area (Å²) in [6.07, 6.45) is 3.40. The predicted molar refractivity (Wildman–Crippen MR) is 173 cm³/mol. The zero-order valence-corrected chi connectivity index (χ0v) is 26.5. The predicted octanol–water partition coefficient (Wildman–Crippen LogP) is 5.84. The van der Waals surface area contributed by atoms with Gasteiger partial charge < -0.3 is 28.8 Å². The molecule has 3 aromatic carbocycles. The van der Waals surface area contributed by atoms with Gasteiger partial charge in [-0.25, -0.2) is 18.6 Å². The van der Waals surface area contributed by atoms with Crippen LogP contribution >= 0.6 is 11.6 Å². The zero-order valence-electron chi connectivity index (χ0n) is 25.8. The van der Waals surface area contributed by atoms with Gasteiger partial charge in [-0.3, -0.25) is 9.88 Å². The Balaban J connectivity index is 1.10. The molecule has 5 heterocycles. The number of nitrogens with zero attached hydrogens (tertiary/aromatic N) is 5. The molecule has 0 radical (unpaired) electrons. The van der Waals surface area contributed by atoms with E-state index in [2.05, 4.69) is 14.8 Å². The molecule has 0 spiro atoms. The number of fused-ring (bicyclic) bond motifs is 3. The van der Waals surface area contributed by atoms with E-state index in [1.807, 2.05) is 28.8 Å². The van der Waals surface area contributed by atoms with Gasteiger partial charge in [0.1, 0.15) is 17.2 Å². The first-order chi connectivity index (χ1) is 23.2. The van der Waals surface area contributed by atoms with Crippen molar-refractivity contribution < 1.29 is 32.9 Å². The second kappa shape index (κ2) is 11.7. The van der Waals surface area contributed by atoms with Gasteiger partial charge in [0.15, 0.2) is 17.3 Å². The minimum atomic E-state index is -1.39. The number of para-hydroxylation sites is 1. The topological polar surface area (TPSA) is 102 Å². The number of hydrogen-bond donors (Lipinski definition) is 1. The van der Waals surface area contributed by atoms with E-state index in [-0.39, 0.29) is 33.7 Å². The first-order valence-electron chi connectivity index (χ1n) is 15.5. The number of ether oxygens (including phenoxy) is 3. The lowest BCUT2D eigenvalue weighted by molar-refractivity contribution is -0.0705. The third-order valence-corrected chi connectivity index (χ3v) is 9.58. The molecule has 3 atom stereocenters. The Hall–Kier alpha value is -4.78. The van der Waals surface area contributed by atoms with E-state index in [9.17, 15) is 14.3 Å². The van der Waals surface area contributed by atoms with Crippen LogP contribution in [-0.2, 0) is 23.6 Å². The molecule has 2 fully saturated rings. The summed E-state index contributed by atoms with van der Waals surface area (Å²) in [7, 11) is 0. The van der Waals surface area contributed by atoms with Crippen LogP contribution in [0.4, 0.5) is 14.5 Å². The van der Waals surface area contributed by atoms with Crippen LogP contribution in [0.5, 0.6) is 11.5 Å². The number of aromatic carboxylic acids is 1. The van der Waals surface area contributed by atoms with Gasteiger partial charge in [-0.1, -0.05) is 23.7 Å². The highest BCUT2D eigenvalue weighted by molar-refractivity contribution is 6.30. The Morgan fingerprint density at radius 2 is 1.88 bits per heavy atom. The lowest BCUT2D eigenvalue weighted by Gasteiger charge is -2.44. The molecule has 10 nitrogen and oxygen atoms in total. The Kier molecular flexibility index (Phi) is 7.46. The third-order valence-electron chi connectivity index (χ3n) is 9.35. The van der Waals surface area contributed by atoms with Gasteiger partial charge in [0.2, 0.25) is 0 Å². The summed E-state index contributed by atoms with van der Waals surface area (Å²) in [6.45, 7) is 4.58. The van der Waals surface area contributed by atoms with E-state index in [1.165, 1.54) is 12.1 Å². The molecule has 0 unspecified atom stereocenters. The molecule has 5 aromatic rings. The summed E-state index contributed by atoms with van der Waals surface area (Å²) < 4.78 is 50.7. The van der Waals surface area contributed by atoms with Crippen LogP contribution in [0.1, 0.15) is 34.2 Å². The molecule has 1 N–H and O–H groups in total. The van der Waals surface area contributed by atoms with Crippen molar-refractivity contribution in [3.63, 3.8) is 0 Å². The molecule has 0 saturated carbocycles. The highest BCUT2D eigenvalue weighted by Gasteiger charge is 2.46. The van der Waals surface area contributed by atoms with Crippen molar-refractivity contribution >= 4 is 34.3 Å². The SMILES string of the molecule is C[C@@]1(c2ccc(Cl)cc2F)Oc2cccc(N3CCN(Cc4nc5c(F)cc(C(=O)O)cc5n4Cc4cccnc4)[C@@H]4COC[C@@H]43)c2O1. The molecule has 8 rings (SSSR count). The monoisotopic (exact) mass is 673 g/mol. The van der Waals surface area contributed by atoms with Crippen molar-refractivity contribution in [2.75, 3.05) is 31.2 Å². The van der Waals surface area contributed by atoms with Gasteiger partial charge in [-0.15, -0.1) is 0 Å². The Labute approximate surface area is 279 Å². The van der Waals surface area contributed by atoms with E-state index in [4.69, 9.17) is 30.8 Å². The fraction of sp³-hybridized carbons (Fsp3) is 0.286. The van der Waals surface area contributed by atoms with Gasteiger partial charge in [-0.2, -0.15) is 0 Å². The van der Waals surface area contributed by atoms with E-state index in [0.717, 1.165) is 17.3 Å². The minimum Gasteiger partial charge on any atom is -0.478 e. The molecule has 0 bridgehead atoms. The Bertz CT molecular complexity index is 2060. The highest BCUT2D eigenvalue weighted by atomic mass is 35.5. The molecule has 13 heteroatoms. The highest BCUT2D eigenvalue weighted by Crippen LogP contribution is 2.51. The quantitative estimate of drug-likeness (QED) is 0.228. The Morgan fingerprint density at radius 3 is 2.67 bits per heavy atom. The molecule has 3 aliphatic heterocycles. The fourth-order valence-electron chi connectivity index (χ4n) is 7.05. The molecule has 246 valence electrons. The number of carbonyl (C=O) groups is 1. The normalized spacial score (nSPS) is 22.0. The number of pyridine rings is 1. The second-order valence-electron chi connectivity index (χ2n) is 12.3. The van der Waals surface area contributed by atoms with E-state index in [0.29, 0.717) is 62.2 Å². The molecule has 0 amide bonds. The van der Waals surface area contributed by atoms with Crippen LogP contribution in [0.15, 0.2) is 73.1 Å². The summed E-state index contributed by atoms with van der Waals surface area (Å²) in [5.41, 5.74) is 2.31. The van der Waals surface area contributed by atoms with E-state index in [1.54, 1.807) is 37.5 Å². The van der Waals surface area contributed by atoms with Crippen molar-refractivity contribution in [2.24, 2.45) is 0 Å². The molecule has 2 aromatic heterocycles. The van der Waals surface area contributed by atoms with Crippen LogP contribution in [-0.4, -0.2) is 68.9 Å². The average molecular weight is 674 g/mol. The lowest BCUT2D eigenvalue weighted by Crippen LogP contribution is -2.59. The first kappa shape index (κ1) is 30.5. The zero-order chi connectivity index (χ0) is 33.2. The number of imidazole rings is 1. The fourth-order valence-corrected chi connectivity index (χ4v) is 7.21. The van der Waals surface area contributed by atoms with Crippen LogP contribution < -0.4 is 14.4 Å². The van der Waals surface area contributed by atoms with Crippen molar-refractivity contribution in [3.8, 4) is 11.5 Å². The summed E-state index contributed by atoms with van der Waals surface area (Å²) in [5, 5.41) is 9.92. The lowest BCUT2D eigenvalue weighted by atomic mass is 10.0. The van der Waals surface area contributed by atoms with Crippen LogP contribution in [0.3, 0.4) is 0 Å². The van der Waals surface area contributed by atoms with Gasteiger partial charge >= 0.3 is 5.97 Å². The summed E-state index contributed by atoms with van der Waals surface area (Å²) in [4.78, 5) is 25.2. The average Bonchev–Trinajstić information content (AvgIpc) is 3.78. The second-order valence-corrected chi connectivity index (χ2v) is 12.8. The summed E-state index contributed by atoms with van der Waals surface area (Å²) in [6, 6.07) is 16.2.